The molecule has 2 aromatic rings. The van der Waals surface area contributed by atoms with Crippen molar-refractivity contribution < 1.29 is 24.0 Å². The van der Waals surface area contributed by atoms with Crippen LogP contribution in [0.4, 0.5) is 0 Å². The Bertz CT molecular complexity index is 1430. The number of aromatic amines is 1. The lowest BCUT2D eigenvalue weighted by atomic mass is 9.86. The summed E-state index contributed by atoms with van der Waals surface area (Å²) < 4.78 is 0. The van der Waals surface area contributed by atoms with Crippen LogP contribution < -0.4 is 16.0 Å². The highest BCUT2D eigenvalue weighted by Crippen LogP contribution is 2.55. The van der Waals surface area contributed by atoms with Gasteiger partial charge in [0.05, 0.1) is 11.1 Å². The van der Waals surface area contributed by atoms with E-state index in [9.17, 15) is 24.0 Å². The highest BCUT2D eigenvalue weighted by molar-refractivity contribution is 6.39. The van der Waals surface area contributed by atoms with Gasteiger partial charge in [-0.2, -0.15) is 0 Å². The van der Waals surface area contributed by atoms with Crippen molar-refractivity contribution in [3.63, 3.8) is 0 Å². The molecule has 3 heterocycles. The fraction of sp³-hybridized carbons (Fsp3) is 0.552. The summed E-state index contributed by atoms with van der Waals surface area (Å²) in [4.78, 5) is 70.3. The fourth-order valence-electron chi connectivity index (χ4n) is 6.14. The molecule has 2 saturated carbocycles. The van der Waals surface area contributed by atoms with Crippen LogP contribution in [-0.4, -0.2) is 70.5 Å². The Morgan fingerprint density at radius 1 is 1.07 bits per heavy atom. The lowest BCUT2D eigenvalue weighted by Crippen LogP contribution is -2.57. The zero-order valence-electron chi connectivity index (χ0n) is 22.6. The van der Waals surface area contributed by atoms with E-state index in [1.807, 2.05) is 0 Å². The summed E-state index contributed by atoms with van der Waals surface area (Å²) in [6.45, 7) is 0.965. The van der Waals surface area contributed by atoms with Crippen molar-refractivity contribution in [2.24, 2.45) is 11.3 Å². The predicted molar refractivity (Wildman–Crippen MR) is 152 cm³/mol. The molecule has 1 spiro atoms. The number of halogens is 2. The van der Waals surface area contributed by atoms with Gasteiger partial charge in [0, 0.05) is 41.0 Å². The van der Waals surface area contributed by atoms with Gasteiger partial charge in [0.1, 0.15) is 11.7 Å². The van der Waals surface area contributed by atoms with Crippen molar-refractivity contribution in [3.05, 3.63) is 33.9 Å². The number of hydrogen-bond acceptors (Lipinski definition) is 5. The average Bonchev–Trinajstić information content (AvgIpc) is 3.82. The quantitative estimate of drug-likeness (QED) is 0.327. The molecule has 12 heteroatoms. The second-order valence-electron chi connectivity index (χ2n) is 12.0. The normalized spacial score (nSPS) is 23.8. The summed E-state index contributed by atoms with van der Waals surface area (Å²) in [6.07, 6.45) is 6.08. The Labute approximate surface area is 247 Å². The molecule has 10 nitrogen and oxygen atoms in total. The van der Waals surface area contributed by atoms with Gasteiger partial charge in [-0.1, -0.05) is 23.2 Å². The first-order valence-electron chi connectivity index (χ1n) is 14.3. The van der Waals surface area contributed by atoms with Crippen LogP contribution in [0.3, 0.4) is 0 Å². The molecule has 2 aliphatic heterocycles. The minimum atomic E-state index is -1.09. The van der Waals surface area contributed by atoms with Gasteiger partial charge < -0.3 is 25.8 Å². The molecule has 4 fully saturated rings. The van der Waals surface area contributed by atoms with E-state index in [0.29, 0.717) is 53.3 Å². The SMILES string of the molecule is O=C(NC1CC1)C(=O)[C@H](CC[C@@H]1CCNC1=O)NC(=O)[C@@H]1CC2(CCN1C(=O)c1cc3c(Cl)cc(Cl)cc3[nH]1)CC2. The third-order valence-electron chi connectivity index (χ3n) is 9.02. The number of carbonyl (C=O) groups excluding carboxylic acids is 5. The second kappa shape index (κ2) is 10.9. The van der Waals surface area contributed by atoms with Gasteiger partial charge in [-0.3, -0.25) is 24.0 Å². The minimum Gasteiger partial charge on any atom is -0.356 e. The van der Waals surface area contributed by atoms with E-state index >= 15 is 0 Å². The molecule has 2 aliphatic carbocycles. The lowest BCUT2D eigenvalue weighted by Gasteiger charge is -2.39. The molecule has 4 amide bonds. The third kappa shape index (κ3) is 5.95. The van der Waals surface area contributed by atoms with Crippen LogP contribution in [0, 0.1) is 11.3 Å². The Morgan fingerprint density at radius 2 is 1.85 bits per heavy atom. The van der Waals surface area contributed by atoms with Gasteiger partial charge in [-0.15, -0.1) is 0 Å². The van der Waals surface area contributed by atoms with E-state index in [2.05, 4.69) is 20.9 Å². The number of amides is 4. The van der Waals surface area contributed by atoms with Crippen molar-refractivity contribution in [1.82, 2.24) is 25.8 Å². The van der Waals surface area contributed by atoms with Crippen LogP contribution in [0.25, 0.3) is 10.9 Å². The predicted octanol–water partition coefficient (Wildman–Crippen LogP) is 3.11. The van der Waals surface area contributed by atoms with E-state index in [1.165, 1.54) is 0 Å². The first kappa shape index (κ1) is 28.0. The molecule has 6 rings (SSSR count). The number of fused-ring (bicyclic) bond motifs is 1. The summed E-state index contributed by atoms with van der Waals surface area (Å²) in [7, 11) is 0. The molecule has 0 bridgehead atoms. The number of benzene rings is 1. The first-order valence-corrected chi connectivity index (χ1v) is 15.1. The molecule has 4 aliphatic rings. The van der Waals surface area contributed by atoms with Crippen LogP contribution in [-0.2, 0) is 19.2 Å². The van der Waals surface area contributed by atoms with Gasteiger partial charge in [0.2, 0.25) is 17.6 Å². The number of Topliss-reactive ketones (excluding diaryl/α,β-unsaturated/α-hetero) is 1. The highest BCUT2D eigenvalue weighted by Gasteiger charge is 2.51. The van der Waals surface area contributed by atoms with Crippen molar-refractivity contribution in [2.45, 2.75) is 75.9 Å². The molecule has 4 N–H and O–H groups in total. The number of ketones is 1. The molecule has 1 aromatic heterocycles. The molecule has 0 unspecified atom stereocenters. The number of carbonyl (C=O) groups is 5. The largest absolute Gasteiger partial charge is 0.356 e. The highest BCUT2D eigenvalue weighted by atomic mass is 35.5. The molecule has 2 saturated heterocycles. The van der Waals surface area contributed by atoms with Crippen molar-refractivity contribution in [3.8, 4) is 0 Å². The zero-order valence-corrected chi connectivity index (χ0v) is 24.1. The van der Waals surface area contributed by atoms with Crippen molar-refractivity contribution >= 4 is 63.5 Å². The number of hydrogen-bond donors (Lipinski definition) is 4. The topological polar surface area (TPSA) is 140 Å². The summed E-state index contributed by atoms with van der Waals surface area (Å²) in [5, 5.41) is 9.81. The van der Waals surface area contributed by atoms with Crippen LogP contribution in [0.15, 0.2) is 18.2 Å². The Hall–Kier alpha value is -3.11. The molecule has 0 radical (unpaired) electrons. The monoisotopic (exact) mass is 601 g/mol. The maximum Gasteiger partial charge on any atom is 0.289 e. The Kier molecular flexibility index (Phi) is 7.48. The average molecular weight is 603 g/mol. The summed E-state index contributed by atoms with van der Waals surface area (Å²) in [5.41, 5.74) is 0.920. The third-order valence-corrected chi connectivity index (χ3v) is 9.56. The number of piperidine rings is 1. The maximum absolute atomic E-state index is 13.8. The zero-order chi connectivity index (χ0) is 28.9. The molecule has 41 heavy (non-hydrogen) atoms. The number of rotatable bonds is 9. The van der Waals surface area contributed by atoms with Crippen molar-refractivity contribution in [2.75, 3.05) is 13.1 Å². The van der Waals surface area contributed by atoms with E-state index in [0.717, 1.165) is 32.1 Å². The smallest absolute Gasteiger partial charge is 0.289 e. The summed E-state index contributed by atoms with van der Waals surface area (Å²) >= 11 is 12.5. The van der Waals surface area contributed by atoms with E-state index < -0.39 is 29.7 Å². The first-order chi connectivity index (χ1) is 19.6. The van der Waals surface area contributed by atoms with Gasteiger partial charge >= 0.3 is 0 Å². The standard InChI is InChI=1S/C29H33Cl2N5O5/c30-16-11-19(31)18-13-22(34-21(18)12-16)28(41)36-10-8-29(6-7-29)14-23(36)26(39)35-20(4-1-15-5-9-32-25(15)38)24(37)27(40)33-17-2-3-17/h11-13,15,17,20,23,34H,1-10,14H2,(H,32,38)(H,33,40)(H,35,39)/t15-,20+,23+/m1/s1. The number of nitrogens with one attached hydrogen (secondary N) is 4. The van der Waals surface area contributed by atoms with Crippen LogP contribution >= 0.6 is 23.2 Å². The maximum atomic E-state index is 13.8. The van der Waals surface area contributed by atoms with Gasteiger partial charge in [-0.25, -0.2) is 0 Å². The molecule has 1 aromatic carbocycles. The Morgan fingerprint density at radius 3 is 2.54 bits per heavy atom. The van der Waals surface area contributed by atoms with Crippen LogP contribution in [0.1, 0.15) is 68.3 Å². The fourth-order valence-corrected chi connectivity index (χ4v) is 6.69. The number of H-pyrrole nitrogens is 1. The summed E-state index contributed by atoms with van der Waals surface area (Å²) in [5.74, 6) is -2.60. The Balaban J connectivity index is 1.22. The van der Waals surface area contributed by atoms with Crippen LogP contribution in [0.2, 0.25) is 10.0 Å². The molecule has 3 atom stereocenters. The van der Waals surface area contributed by atoms with Gasteiger partial charge in [0.25, 0.3) is 11.8 Å². The minimum absolute atomic E-state index is 0.00992. The number of nitrogens with zero attached hydrogens (tertiary/aromatic N) is 1. The lowest BCUT2D eigenvalue weighted by molar-refractivity contribution is -0.141. The molecular formula is C29H33Cl2N5O5. The summed E-state index contributed by atoms with van der Waals surface area (Å²) in [6, 6.07) is 3.05. The molecular weight excluding hydrogens is 569 g/mol. The molecule has 218 valence electrons. The second-order valence-corrected chi connectivity index (χ2v) is 12.9. The van der Waals surface area contributed by atoms with Gasteiger partial charge in [-0.05, 0) is 81.4 Å². The van der Waals surface area contributed by atoms with Gasteiger partial charge in [0.15, 0.2) is 0 Å². The van der Waals surface area contributed by atoms with Crippen LogP contribution in [0.5, 0.6) is 0 Å². The van der Waals surface area contributed by atoms with E-state index in [-0.39, 0.29) is 41.3 Å². The van der Waals surface area contributed by atoms with E-state index in [4.69, 9.17) is 23.2 Å². The van der Waals surface area contributed by atoms with E-state index in [1.54, 1.807) is 23.1 Å². The number of likely N-dealkylation sites (tertiary alicyclic amines) is 1. The number of aromatic nitrogens is 1. The van der Waals surface area contributed by atoms with Crippen molar-refractivity contribution in [1.29, 1.82) is 0 Å².